The van der Waals surface area contributed by atoms with Crippen molar-refractivity contribution in [2.45, 2.75) is 13.0 Å². The third-order valence-electron chi connectivity index (χ3n) is 2.32. The molecule has 0 amide bonds. The van der Waals surface area contributed by atoms with E-state index >= 15 is 0 Å². The molecule has 0 saturated heterocycles. The molecule has 1 atom stereocenters. The number of anilines is 1. The van der Waals surface area contributed by atoms with Crippen molar-refractivity contribution in [2.24, 2.45) is 0 Å². The lowest BCUT2D eigenvalue weighted by molar-refractivity contribution is 0.0496. The van der Waals surface area contributed by atoms with Gasteiger partial charge in [-0.3, -0.25) is 0 Å². The molecule has 0 radical (unpaired) electrons. The Morgan fingerprint density at radius 1 is 1.33 bits per heavy atom. The second-order valence-corrected chi connectivity index (χ2v) is 3.68. The van der Waals surface area contributed by atoms with E-state index in [2.05, 4.69) is 5.32 Å². The summed E-state index contributed by atoms with van der Waals surface area (Å²) in [5.74, 6) is 0. The highest BCUT2D eigenvalue weighted by Gasteiger charge is 2.06. The van der Waals surface area contributed by atoms with Gasteiger partial charge in [-0.15, -0.1) is 0 Å². The summed E-state index contributed by atoms with van der Waals surface area (Å²) in [7, 11) is 0. The summed E-state index contributed by atoms with van der Waals surface area (Å²) in [6, 6.07) is 8.78. The maximum atomic E-state index is 9.56. The van der Waals surface area contributed by atoms with E-state index in [-0.39, 0.29) is 6.61 Å². The predicted molar refractivity (Wildman–Crippen MR) is 66.9 cm³/mol. The van der Waals surface area contributed by atoms with Gasteiger partial charge in [-0.25, -0.2) is 0 Å². The van der Waals surface area contributed by atoms with E-state index in [0.717, 1.165) is 0 Å². The Labute approximate surface area is 106 Å². The van der Waals surface area contributed by atoms with Gasteiger partial charge in [0.2, 0.25) is 0 Å². The summed E-state index contributed by atoms with van der Waals surface area (Å²) in [5.41, 5.74) is 1.36. The first-order valence-corrected chi connectivity index (χ1v) is 5.65. The number of nitrogens with one attached hydrogen (secondary N) is 1. The van der Waals surface area contributed by atoms with E-state index in [4.69, 9.17) is 15.3 Å². The average Bonchev–Trinajstić information content (AvgIpc) is 2.42. The van der Waals surface area contributed by atoms with Crippen LogP contribution < -0.4 is 5.32 Å². The van der Waals surface area contributed by atoms with Crippen LogP contribution >= 0.6 is 0 Å². The van der Waals surface area contributed by atoms with Crippen molar-refractivity contribution in [3.05, 3.63) is 29.3 Å². The average molecular weight is 245 g/mol. The molecular formula is C13H15N3O2. The van der Waals surface area contributed by atoms with Crippen LogP contribution in [0.3, 0.4) is 0 Å². The summed E-state index contributed by atoms with van der Waals surface area (Å²) in [6.45, 7) is 3.02. The summed E-state index contributed by atoms with van der Waals surface area (Å²) < 4.78 is 5.08. The number of benzene rings is 1. The highest BCUT2D eigenvalue weighted by atomic mass is 16.5. The smallest absolute Gasteiger partial charge is 0.101 e. The number of nitrogens with zero attached hydrogens (tertiary/aromatic N) is 2. The maximum Gasteiger partial charge on any atom is 0.101 e. The van der Waals surface area contributed by atoms with Gasteiger partial charge in [0.05, 0.1) is 23.8 Å². The number of hydrogen-bond donors (Lipinski definition) is 2. The molecule has 0 aliphatic heterocycles. The lowest BCUT2D eigenvalue weighted by Gasteiger charge is -2.12. The molecule has 1 aromatic rings. The van der Waals surface area contributed by atoms with Gasteiger partial charge < -0.3 is 15.2 Å². The molecule has 18 heavy (non-hydrogen) atoms. The lowest BCUT2D eigenvalue weighted by Crippen LogP contribution is -2.24. The topological polar surface area (TPSA) is 89.1 Å². The minimum absolute atomic E-state index is 0.269. The molecule has 0 fully saturated rings. The Hall–Kier alpha value is -2.08. The van der Waals surface area contributed by atoms with Crippen LogP contribution in [0.4, 0.5) is 5.69 Å². The summed E-state index contributed by atoms with van der Waals surface area (Å²) in [5, 5.41) is 30.2. The van der Waals surface area contributed by atoms with Gasteiger partial charge in [0, 0.05) is 18.8 Å². The largest absolute Gasteiger partial charge is 0.389 e. The van der Waals surface area contributed by atoms with Crippen molar-refractivity contribution in [1.82, 2.24) is 0 Å². The Balaban J connectivity index is 2.59. The van der Waals surface area contributed by atoms with Crippen molar-refractivity contribution < 1.29 is 9.84 Å². The zero-order valence-corrected chi connectivity index (χ0v) is 10.2. The zero-order chi connectivity index (χ0) is 13.4. The molecule has 2 N–H and O–H groups in total. The van der Waals surface area contributed by atoms with Crippen LogP contribution in [0.15, 0.2) is 18.2 Å². The minimum atomic E-state index is -0.605. The maximum absolute atomic E-state index is 9.56. The van der Waals surface area contributed by atoms with Crippen molar-refractivity contribution in [3.8, 4) is 12.1 Å². The third kappa shape index (κ3) is 4.06. The number of aliphatic hydroxyl groups excluding tert-OH is 1. The van der Waals surface area contributed by atoms with Gasteiger partial charge in [-0.1, -0.05) is 0 Å². The van der Waals surface area contributed by atoms with Crippen LogP contribution in [-0.2, 0) is 4.74 Å². The number of aliphatic hydroxyl groups is 1. The molecule has 5 heteroatoms. The highest BCUT2D eigenvalue weighted by molar-refractivity contribution is 5.56. The Morgan fingerprint density at radius 3 is 2.67 bits per heavy atom. The van der Waals surface area contributed by atoms with E-state index in [1.165, 1.54) is 0 Å². The van der Waals surface area contributed by atoms with Gasteiger partial charge in [-0.05, 0) is 25.1 Å². The van der Waals surface area contributed by atoms with E-state index < -0.39 is 6.10 Å². The molecule has 0 aliphatic carbocycles. The Morgan fingerprint density at radius 2 is 2.06 bits per heavy atom. The molecule has 0 bridgehead atoms. The van der Waals surface area contributed by atoms with Crippen molar-refractivity contribution in [1.29, 1.82) is 10.5 Å². The quantitative estimate of drug-likeness (QED) is 0.787. The van der Waals surface area contributed by atoms with Gasteiger partial charge in [0.25, 0.3) is 0 Å². The summed E-state index contributed by atoms with van der Waals surface area (Å²) >= 11 is 0. The Kier molecular flexibility index (Phi) is 5.66. The summed E-state index contributed by atoms with van der Waals surface area (Å²) in [4.78, 5) is 0. The first-order valence-electron chi connectivity index (χ1n) is 5.65. The minimum Gasteiger partial charge on any atom is -0.389 e. The van der Waals surface area contributed by atoms with Crippen LogP contribution in [0.5, 0.6) is 0 Å². The molecule has 94 valence electrons. The molecule has 1 rings (SSSR count). The van der Waals surface area contributed by atoms with Crippen molar-refractivity contribution in [3.63, 3.8) is 0 Å². The monoisotopic (exact) mass is 245 g/mol. The van der Waals surface area contributed by atoms with Gasteiger partial charge in [-0.2, -0.15) is 10.5 Å². The van der Waals surface area contributed by atoms with Gasteiger partial charge in [0.15, 0.2) is 0 Å². The van der Waals surface area contributed by atoms with Crippen molar-refractivity contribution >= 4 is 5.69 Å². The molecule has 0 saturated carbocycles. The molecule has 1 aromatic carbocycles. The third-order valence-corrected chi connectivity index (χ3v) is 2.32. The summed E-state index contributed by atoms with van der Waals surface area (Å²) in [6.07, 6.45) is -0.605. The number of rotatable bonds is 6. The molecule has 0 aromatic heterocycles. The van der Waals surface area contributed by atoms with Crippen LogP contribution in [0.25, 0.3) is 0 Å². The van der Waals surface area contributed by atoms with E-state index in [1.807, 2.05) is 19.1 Å². The fraction of sp³-hybridized carbons (Fsp3) is 0.385. The fourth-order valence-corrected chi connectivity index (χ4v) is 1.39. The van der Waals surface area contributed by atoms with Gasteiger partial charge >= 0.3 is 0 Å². The standard InChI is InChI=1S/C13H15N3O2/c1-2-18-9-13(17)8-16-12-4-3-10(6-14)11(5-12)7-15/h3-5,13,16-17H,2,8-9H2,1H3. The van der Waals surface area contributed by atoms with Crippen LogP contribution in [-0.4, -0.2) is 31.0 Å². The van der Waals surface area contributed by atoms with Gasteiger partial charge in [0.1, 0.15) is 12.1 Å². The Bertz CT molecular complexity index is 474. The highest BCUT2D eigenvalue weighted by Crippen LogP contribution is 2.14. The van der Waals surface area contributed by atoms with E-state index in [0.29, 0.717) is 30.0 Å². The molecule has 0 spiro atoms. The van der Waals surface area contributed by atoms with Crippen LogP contribution in [0.1, 0.15) is 18.1 Å². The molecule has 0 aliphatic rings. The number of ether oxygens (including phenoxy) is 1. The first kappa shape index (κ1) is 14.0. The number of nitriles is 2. The number of hydrogen-bond acceptors (Lipinski definition) is 5. The van der Waals surface area contributed by atoms with Crippen LogP contribution in [0, 0.1) is 22.7 Å². The first-order chi connectivity index (χ1) is 8.71. The SMILES string of the molecule is CCOCC(O)CNc1ccc(C#N)c(C#N)c1. The normalized spacial score (nSPS) is 11.3. The molecule has 0 heterocycles. The predicted octanol–water partition coefficient (Wildman–Crippen LogP) is 1.24. The zero-order valence-electron chi connectivity index (χ0n) is 10.2. The second-order valence-electron chi connectivity index (χ2n) is 3.68. The second kappa shape index (κ2) is 7.29. The molecule has 5 nitrogen and oxygen atoms in total. The molecule has 1 unspecified atom stereocenters. The lowest BCUT2D eigenvalue weighted by atomic mass is 10.1. The van der Waals surface area contributed by atoms with E-state index in [1.54, 1.807) is 18.2 Å². The van der Waals surface area contributed by atoms with Crippen molar-refractivity contribution in [2.75, 3.05) is 25.1 Å². The molecular weight excluding hydrogens is 230 g/mol. The van der Waals surface area contributed by atoms with Crippen LogP contribution in [0.2, 0.25) is 0 Å². The van der Waals surface area contributed by atoms with E-state index in [9.17, 15) is 5.11 Å². The fourth-order valence-electron chi connectivity index (χ4n) is 1.39.